The van der Waals surface area contributed by atoms with E-state index in [9.17, 15) is 8.42 Å². The van der Waals surface area contributed by atoms with Crippen LogP contribution in [-0.4, -0.2) is 103 Å². The van der Waals surface area contributed by atoms with E-state index in [4.69, 9.17) is 9.66 Å². The van der Waals surface area contributed by atoms with Crippen LogP contribution in [0.3, 0.4) is 0 Å². The Balaban J connectivity index is -0.000000750. The number of β-amino-alcohol motifs (C(OH)–C–C–N with tert-alkyl or cyclic N) is 1. The van der Waals surface area contributed by atoms with Crippen molar-refractivity contribution in [1.29, 1.82) is 0 Å². The summed E-state index contributed by atoms with van der Waals surface area (Å²) >= 11 is 0. The second-order valence-corrected chi connectivity index (χ2v) is 5.27. The topological polar surface area (TPSA) is 81.1 Å². The van der Waals surface area contributed by atoms with Crippen molar-refractivity contribution in [3.05, 3.63) is 0 Å². The van der Waals surface area contributed by atoms with Crippen LogP contribution in [0.4, 0.5) is 0 Å². The van der Waals surface area contributed by atoms with E-state index < -0.39 is 10.1 Å². The van der Waals surface area contributed by atoms with Crippen LogP contribution in [0.5, 0.6) is 0 Å². The number of hydrogen-bond donors (Lipinski definition) is 2. The molecule has 0 amide bonds. The van der Waals surface area contributed by atoms with Gasteiger partial charge in [-0.25, -0.2) is 0 Å². The van der Waals surface area contributed by atoms with Crippen molar-refractivity contribution in [2.45, 2.75) is 0 Å². The first-order valence-electron chi connectivity index (χ1n) is 5.02. The summed E-state index contributed by atoms with van der Waals surface area (Å²) in [5.41, 5.74) is 0. The van der Waals surface area contributed by atoms with Crippen LogP contribution in [0.15, 0.2) is 0 Å². The molecule has 0 atom stereocenters. The Morgan fingerprint density at radius 2 is 1.50 bits per heavy atom. The fraction of sp³-hybridized carbons (Fsp3) is 1.00. The molecule has 0 radical (unpaired) electrons. The van der Waals surface area contributed by atoms with Crippen LogP contribution in [-0.2, 0) is 10.1 Å². The van der Waals surface area contributed by atoms with Crippen molar-refractivity contribution in [2.75, 3.05) is 51.6 Å². The summed E-state index contributed by atoms with van der Waals surface area (Å²) < 4.78 is 29.6. The van der Waals surface area contributed by atoms with Crippen molar-refractivity contribution < 1.29 is 20.9 Å². The molecule has 0 aromatic rings. The predicted molar refractivity (Wildman–Crippen MR) is 64.4 cm³/mol. The minimum Gasteiger partial charge on any atom is -1.00 e. The van der Waals surface area contributed by atoms with Crippen molar-refractivity contribution in [1.82, 2.24) is 9.80 Å². The first-order chi connectivity index (χ1) is 7.01. The fourth-order valence-electron chi connectivity index (χ4n) is 1.62. The van der Waals surface area contributed by atoms with Gasteiger partial charge in [0.05, 0.1) is 12.4 Å². The molecule has 0 aromatic carbocycles. The fourth-order valence-corrected chi connectivity index (χ4v) is 2.11. The molecular weight excluding hydrogens is 244 g/mol. The SMILES string of the molecule is O=S(=O)(O)CCN1CCN(CCO)CC1.[H-].[H-].[Mg+2]. The molecule has 0 unspecified atom stereocenters. The van der Waals surface area contributed by atoms with Crippen molar-refractivity contribution >= 4 is 33.2 Å². The second kappa shape index (κ2) is 7.80. The molecule has 0 spiro atoms. The predicted octanol–water partition coefficient (Wildman–Crippen LogP) is -1.67. The third kappa shape index (κ3) is 6.99. The van der Waals surface area contributed by atoms with Gasteiger partial charge in [0.25, 0.3) is 10.1 Å². The standard InChI is InChI=1S/C8H18N2O4S.Mg.2H/c11-7-5-9-1-3-10(4-2-9)6-8-15(12,13)14;;;/h11H,1-8H2,(H,12,13,14);;;/q;+2;2*-1. The molecule has 0 saturated carbocycles. The summed E-state index contributed by atoms with van der Waals surface area (Å²) in [7, 11) is -3.84. The smallest absolute Gasteiger partial charge is 1.00 e. The molecular formula is C8H20MgN2O4S. The maximum absolute atomic E-state index is 10.5. The van der Waals surface area contributed by atoms with Gasteiger partial charge in [0.15, 0.2) is 0 Å². The first-order valence-corrected chi connectivity index (χ1v) is 6.63. The normalized spacial score (nSPS) is 19.4. The van der Waals surface area contributed by atoms with Gasteiger partial charge in [0, 0.05) is 39.3 Å². The van der Waals surface area contributed by atoms with Crippen LogP contribution in [0.1, 0.15) is 2.85 Å². The van der Waals surface area contributed by atoms with Crippen molar-refractivity contribution in [3.63, 3.8) is 0 Å². The van der Waals surface area contributed by atoms with Gasteiger partial charge in [-0.15, -0.1) is 0 Å². The van der Waals surface area contributed by atoms with E-state index in [1.807, 2.05) is 4.90 Å². The summed E-state index contributed by atoms with van der Waals surface area (Å²) in [6, 6.07) is 0. The maximum atomic E-state index is 10.5. The Morgan fingerprint density at radius 1 is 1.06 bits per heavy atom. The summed E-state index contributed by atoms with van der Waals surface area (Å²) in [4.78, 5) is 4.13. The van der Waals surface area contributed by atoms with E-state index >= 15 is 0 Å². The first kappa shape index (κ1) is 16.6. The van der Waals surface area contributed by atoms with Crippen LogP contribution in [0.2, 0.25) is 0 Å². The molecule has 0 aliphatic carbocycles. The average molecular weight is 265 g/mol. The summed E-state index contributed by atoms with van der Waals surface area (Å²) in [5, 5.41) is 8.73. The zero-order valence-corrected chi connectivity index (χ0v) is 11.6. The van der Waals surface area contributed by atoms with Gasteiger partial charge in [0.1, 0.15) is 0 Å². The van der Waals surface area contributed by atoms with Crippen LogP contribution in [0, 0.1) is 0 Å². The molecule has 1 fully saturated rings. The molecule has 16 heavy (non-hydrogen) atoms. The van der Waals surface area contributed by atoms with Gasteiger partial charge in [-0.05, 0) is 0 Å². The van der Waals surface area contributed by atoms with E-state index in [-0.39, 0.29) is 38.3 Å². The van der Waals surface area contributed by atoms with Gasteiger partial charge in [-0.3, -0.25) is 14.4 Å². The van der Waals surface area contributed by atoms with Crippen LogP contribution in [0.25, 0.3) is 0 Å². The number of rotatable bonds is 5. The van der Waals surface area contributed by atoms with E-state index in [2.05, 4.69) is 4.90 Å². The molecule has 1 saturated heterocycles. The molecule has 8 heteroatoms. The third-order valence-electron chi connectivity index (χ3n) is 2.55. The summed E-state index contributed by atoms with van der Waals surface area (Å²) in [6.45, 7) is 4.46. The van der Waals surface area contributed by atoms with Gasteiger partial charge in [-0.1, -0.05) is 0 Å². The Hall–Kier alpha value is 0.556. The number of nitrogens with zero attached hydrogens (tertiary/aromatic N) is 2. The number of aliphatic hydroxyl groups excluding tert-OH is 1. The zero-order chi connectivity index (χ0) is 11.3. The molecule has 1 heterocycles. The number of hydrogen-bond acceptors (Lipinski definition) is 5. The van der Waals surface area contributed by atoms with Crippen molar-refractivity contribution in [2.24, 2.45) is 0 Å². The Kier molecular flexibility index (Phi) is 8.07. The quantitative estimate of drug-likeness (QED) is 0.456. The van der Waals surface area contributed by atoms with E-state index in [1.54, 1.807) is 0 Å². The molecule has 1 rings (SSSR count). The molecule has 1 aliphatic rings. The number of aliphatic hydroxyl groups is 1. The average Bonchev–Trinajstić information content (AvgIpc) is 2.16. The largest absolute Gasteiger partial charge is 2.00 e. The van der Waals surface area contributed by atoms with Gasteiger partial charge in [-0.2, -0.15) is 8.42 Å². The van der Waals surface area contributed by atoms with Gasteiger partial charge >= 0.3 is 23.1 Å². The van der Waals surface area contributed by atoms with E-state index in [1.165, 1.54) is 0 Å². The van der Waals surface area contributed by atoms with E-state index in [0.29, 0.717) is 13.1 Å². The Morgan fingerprint density at radius 3 is 1.88 bits per heavy atom. The van der Waals surface area contributed by atoms with E-state index in [0.717, 1.165) is 26.2 Å². The van der Waals surface area contributed by atoms with Gasteiger partial charge in [0.2, 0.25) is 0 Å². The van der Waals surface area contributed by atoms with Gasteiger partial charge < -0.3 is 7.96 Å². The summed E-state index contributed by atoms with van der Waals surface area (Å²) in [6.07, 6.45) is 0. The molecule has 6 nitrogen and oxygen atoms in total. The van der Waals surface area contributed by atoms with Crippen LogP contribution < -0.4 is 0 Å². The minimum atomic E-state index is -3.84. The molecule has 0 bridgehead atoms. The second-order valence-electron chi connectivity index (χ2n) is 3.69. The Labute approximate surface area is 115 Å². The Bertz CT molecular complexity index is 287. The van der Waals surface area contributed by atoms with Crippen LogP contribution >= 0.6 is 0 Å². The molecule has 94 valence electrons. The molecule has 1 aliphatic heterocycles. The number of piperazine rings is 1. The minimum absolute atomic E-state index is 0. The monoisotopic (exact) mass is 264 g/mol. The maximum Gasteiger partial charge on any atom is 2.00 e. The zero-order valence-electron chi connectivity index (χ0n) is 11.4. The summed E-state index contributed by atoms with van der Waals surface area (Å²) in [5.74, 6) is -0.201. The molecule has 0 aromatic heterocycles. The third-order valence-corrected chi connectivity index (χ3v) is 3.25. The van der Waals surface area contributed by atoms with Crippen molar-refractivity contribution in [3.8, 4) is 0 Å². The molecule has 2 N–H and O–H groups in total.